The van der Waals surface area contributed by atoms with Gasteiger partial charge in [-0.3, -0.25) is 4.79 Å². The molecule has 0 spiro atoms. The number of carbonyl (C=O) groups excluding carboxylic acids is 1. The fourth-order valence-corrected chi connectivity index (χ4v) is 1.19. The first kappa shape index (κ1) is 9.24. The summed E-state index contributed by atoms with van der Waals surface area (Å²) in [6, 6.07) is 1.70. The highest BCUT2D eigenvalue weighted by atomic mass is 127. The summed E-state index contributed by atoms with van der Waals surface area (Å²) in [6.45, 7) is 0. The Morgan fingerprint density at radius 1 is 1.75 bits per heavy atom. The first-order valence-corrected chi connectivity index (χ1v) is 4.36. The van der Waals surface area contributed by atoms with Crippen molar-refractivity contribution in [3.05, 3.63) is 21.4 Å². The van der Waals surface area contributed by atoms with E-state index in [-0.39, 0.29) is 5.91 Å². The largest absolute Gasteiger partial charge is 0.383 e. The Hall–Kier alpha value is -0.850. The van der Waals surface area contributed by atoms with Crippen LogP contribution in [0.2, 0.25) is 0 Å². The number of hydrogen-bond acceptors (Lipinski definition) is 3. The van der Waals surface area contributed by atoms with Crippen molar-refractivity contribution in [1.29, 1.82) is 0 Å². The summed E-state index contributed by atoms with van der Waals surface area (Å²) in [5, 5.41) is 2.50. The lowest BCUT2D eigenvalue weighted by Gasteiger charge is -2.00. The van der Waals surface area contributed by atoms with Crippen LogP contribution in [0.1, 0.15) is 10.4 Å². The summed E-state index contributed by atoms with van der Waals surface area (Å²) in [4.78, 5) is 14.9. The van der Waals surface area contributed by atoms with E-state index in [0.717, 1.165) is 3.57 Å². The summed E-state index contributed by atoms with van der Waals surface area (Å²) in [7, 11) is 1.57. The van der Waals surface area contributed by atoms with Gasteiger partial charge in [0.05, 0.1) is 9.13 Å². The Labute approximate surface area is 83.7 Å². The second-order valence-electron chi connectivity index (χ2n) is 2.17. The molecule has 0 atom stereocenters. The van der Waals surface area contributed by atoms with Crippen LogP contribution >= 0.6 is 22.6 Å². The van der Waals surface area contributed by atoms with Gasteiger partial charge in [-0.05, 0) is 28.7 Å². The smallest absolute Gasteiger partial charge is 0.252 e. The van der Waals surface area contributed by atoms with Crippen molar-refractivity contribution >= 4 is 34.3 Å². The monoisotopic (exact) mass is 277 g/mol. The van der Waals surface area contributed by atoms with Crippen molar-refractivity contribution in [2.24, 2.45) is 0 Å². The van der Waals surface area contributed by atoms with E-state index < -0.39 is 0 Å². The number of pyridine rings is 1. The van der Waals surface area contributed by atoms with Gasteiger partial charge in [0.2, 0.25) is 0 Å². The number of aromatic nitrogens is 1. The minimum absolute atomic E-state index is 0.152. The molecule has 1 amide bonds. The maximum Gasteiger partial charge on any atom is 0.252 e. The highest BCUT2D eigenvalue weighted by molar-refractivity contribution is 14.1. The van der Waals surface area contributed by atoms with Gasteiger partial charge < -0.3 is 11.1 Å². The first-order valence-electron chi connectivity index (χ1n) is 3.28. The van der Waals surface area contributed by atoms with Crippen LogP contribution in [0.3, 0.4) is 0 Å². The molecular formula is C7H8IN3O. The maximum absolute atomic E-state index is 11.1. The average Bonchev–Trinajstić information content (AvgIpc) is 2.08. The fraction of sp³-hybridized carbons (Fsp3) is 0.143. The molecule has 1 heterocycles. The molecule has 0 aliphatic heterocycles. The Kier molecular flexibility index (Phi) is 2.85. The number of nitrogens with one attached hydrogen (secondary N) is 1. The van der Waals surface area contributed by atoms with E-state index in [4.69, 9.17) is 5.73 Å². The van der Waals surface area contributed by atoms with Crippen LogP contribution < -0.4 is 11.1 Å². The van der Waals surface area contributed by atoms with Crippen molar-refractivity contribution in [1.82, 2.24) is 10.3 Å². The summed E-state index contributed by atoms with van der Waals surface area (Å²) in [5.74, 6) is 0.295. The van der Waals surface area contributed by atoms with Gasteiger partial charge in [-0.25, -0.2) is 4.98 Å². The molecule has 0 aliphatic carbocycles. The van der Waals surface area contributed by atoms with Crippen molar-refractivity contribution in [3.8, 4) is 0 Å². The molecule has 0 radical (unpaired) electrons. The van der Waals surface area contributed by atoms with E-state index in [9.17, 15) is 4.79 Å². The molecule has 0 unspecified atom stereocenters. The topological polar surface area (TPSA) is 68.0 Å². The van der Waals surface area contributed by atoms with E-state index in [1.807, 2.05) is 22.6 Å². The van der Waals surface area contributed by atoms with Gasteiger partial charge in [-0.15, -0.1) is 0 Å². The van der Waals surface area contributed by atoms with Crippen LogP contribution in [-0.2, 0) is 0 Å². The van der Waals surface area contributed by atoms with Gasteiger partial charge in [-0.2, -0.15) is 0 Å². The molecule has 0 bridgehead atoms. The summed E-state index contributed by atoms with van der Waals surface area (Å²) in [6.07, 6.45) is 1.45. The van der Waals surface area contributed by atoms with Crippen molar-refractivity contribution in [2.45, 2.75) is 0 Å². The molecule has 0 saturated heterocycles. The Bertz CT molecular complexity index is 314. The zero-order chi connectivity index (χ0) is 9.14. The van der Waals surface area contributed by atoms with Gasteiger partial charge in [0.25, 0.3) is 5.91 Å². The molecule has 0 aliphatic rings. The van der Waals surface area contributed by atoms with Crippen LogP contribution in [0.15, 0.2) is 12.3 Å². The van der Waals surface area contributed by atoms with Gasteiger partial charge in [0, 0.05) is 13.2 Å². The lowest BCUT2D eigenvalue weighted by molar-refractivity contribution is 0.0962. The van der Waals surface area contributed by atoms with E-state index in [0.29, 0.717) is 11.4 Å². The number of hydrogen-bond donors (Lipinski definition) is 2. The van der Waals surface area contributed by atoms with Crippen LogP contribution in [0, 0.1) is 3.57 Å². The zero-order valence-electron chi connectivity index (χ0n) is 6.47. The second kappa shape index (κ2) is 3.70. The number of nitrogens with two attached hydrogens (primary N) is 1. The predicted molar refractivity (Wildman–Crippen MR) is 54.8 cm³/mol. The molecular weight excluding hydrogens is 269 g/mol. The average molecular weight is 277 g/mol. The highest BCUT2D eigenvalue weighted by Crippen LogP contribution is 2.12. The molecule has 5 heteroatoms. The van der Waals surface area contributed by atoms with Gasteiger partial charge >= 0.3 is 0 Å². The maximum atomic E-state index is 11.1. The van der Waals surface area contributed by atoms with E-state index in [1.54, 1.807) is 13.1 Å². The molecule has 64 valence electrons. The molecule has 0 fully saturated rings. The molecule has 1 aromatic heterocycles. The third-order valence-electron chi connectivity index (χ3n) is 1.36. The van der Waals surface area contributed by atoms with Crippen LogP contribution in [0.5, 0.6) is 0 Å². The summed E-state index contributed by atoms with van der Waals surface area (Å²) in [5.41, 5.74) is 6.00. The van der Waals surface area contributed by atoms with E-state index in [1.165, 1.54) is 6.20 Å². The Morgan fingerprint density at radius 2 is 2.42 bits per heavy atom. The summed E-state index contributed by atoms with van der Waals surface area (Å²) >= 11 is 2.03. The zero-order valence-corrected chi connectivity index (χ0v) is 8.62. The number of rotatable bonds is 1. The minimum atomic E-state index is -0.152. The number of halogens is 1. The minimum Gasteiger partial charge on any atom is -0.383 e. The van der Waals surface area contributed by atoms with Crippen molar-refractivity contribution < 1.29 is 4.79 Å². The molecule has 3 N–H and O–H groups in total. The molecule has 1 rings (SSSR count). The Morgan fingerprint density at radius 3 is 2.92 bits per heavy atom. The number of amides is 1. The number of nitrogens with zero attached hydrogens (tertiary/aromatic N) is 1. The third kappa shape index (κ3) is 1.84. The standard InChI is InChI=1S/C7H8IN3O/c1-10-7(12)4-2-5(8)6(9)11-3-4/h2-3H,1H3,(H2,9,11)(H,10,12). The highest BCUT2D eigenvalue weighted by Gasteiger charge is 2.05. The van der Waals surface area contributed by atoms with Crippen molar-refractivity contribution in [3.63, 3.8) is 0 Å². The number of anilines is 1. The lowest BCUT2D eigenvalue weighted by Crippen LogP contribution is -2.18. The second-order valence-corrected chi connectivity index (χ2v) is 3.33. The predicted octanol–water partition coefficient (Wildman–Crippen LogP) is 0.628. The van der Waals surface area contributed by atoms with Crippen LogP contribution in [-0.4, -0.2) is 17.9 Å². The van der Waals surface area contributed by atoms with Crippen molar-refractivity contribution in [2.75, 3.05) is 12.8 Å². The summed E-state index contributed by atoms with van der Waals surface area (Å²) < 4.78 is 0.786. The number of carbonyl (C=O) groups is 1. The Balaban J connectivity index is 3.05. The molecule has 12 heavy (non-hydrogen) atoms. The van der Waals surface area contributed by atoms with E-state index >= 15 is 0 Å². The molecule has 4 nitrogen and oxygen atoms in total. The van der Waals surface area contributed by atoms with Gasteiger partial charge in [0.1, 0.15) is 5.82 Å². The molecule has 0 saturated carbocycles. The van der Waals surface area contributed by atoms with Gasteiger partial charge in [-0.1, -0.05) is 0 Å². The lowest BCUT2D eigenvalue weighted by atomic mass is 10.3. The normalized spacial score (nSPS) is 9.50. The molecule has 1 aromatic rings. The van der Waals surface area contributed by atoms with Gasteiger partial charge in [0.15, 0.2) is 0 Å². The number of nitrogen functional groups attached to an aromatic ring is 1. The quantitative estimate of drug-likeness (QED) is 0.740. The molecule has 0 aromatic carbocycles. The first-order chi connectivity index (χ1) is 5.65. The van der Waals surface area contributed by atoms with Crippen LogP contribution in [0.4, 0.5) is 5.82 Å². The third-order valence-corrected chi connectivity index (χ3v) is 2.22. The van der Waals surface area contributed by atoms with E-state index in [2.05, 4.69) is 10.3 Å². The SMILES string of the molecule is CNC(=O)c1cnc(N)c(I)c1. The van der Waals surface area contributed by atoms with Crippen LogP contribution in [0.25, 0.3) is 0 Å². The fourth-order valence-electron chi connectivity index (χ4n) is 0.717.